The molecule has 0 aliphatic heterocycles. The SMILES string of the molecule is CCS(=O)(=O)c1nc(CC(C)N)cs1. The van der Waals surface area contributed by atoms with E-state index in [-0.39, 0.29) is 16.1 Å². The third-order valence-corrected chi connectivity index (χ3v) is 4.82. The van der Waals surface area contributed by atoms with E-state index in [2.05, 4.69) is 4.98 Å². The maximum absolute atomic E-state index is 11.4. The van der Waals surface area contributed by atoms with Crippen LogP contribution in [0.5, 0.6) is 0 Å². The van der Waals surface area contributed by atoms with Gasteiger partial charge in [0.05, 0.1) is 11.4 Å². The second-order valence-electron chi connectivity index (χ2n) is 3.19. The molecule has 0 radical (unpaired) electrons. The smallest absolute Gasteiger partial charge is 0.209 e. The largest absolute Gasteiger partial charge is 0.328 e. The van der Waals surface area contributed by atoms with Crippen LogP contribution in [0.1, 0.15) is 19.5 Å². The molecule has 0 spiro atoms. The molecule has 0 saturated heterocycles. The van der Waals surface area contributed by atoms with Crippen LogP contribution in [0.25, 0.3) is 0 Å². The molecule has 80 valence electrons. The molecule has 1 aromatic heterocycles. The Labute approximate surface area is 88.1 Å². The fourth-order valence-corrected chi connectivity index (χ4v) is 3.12. The summed E-state index contributed by atoms with van der Waals surface area (Å²) in [6.45, 7) is 3.48. The van der Waals surface area contributed by atoms with E-state index in [1.165, 1.54) is 11.3 Å². The van der Waals surface area contributed by atoms with Crippen molar-refractivity contribution in [2.24, 2.45) is 5.73 Å². The van der Waals surface area contributed by atoms with Gasteiger partial charge in [-0.1, -0.05) is 6.92 Å². The van der Waals surface area contributed by atoms with Crippen LogP contribution in [0, 0.1) is 0 Å². The summed E-state index contributed by atoms with van der Waals surface area (Å²) in [5.41, 5.74) is 6.35. The molecule has 0 saturated carbocycles. The molecule has 6 heteroatoms. The Hall–Kier alpha value is -0.460. The van der Waals surface area contributed by atoms with Crippen molar-refractivity contribution in [1.82, 2.24) is 4.98 Å². The number of rotatable bonds is 4. The van der Waals surface area contributed by atoms with Gasteiger partial charge in [0.25, 0.3) is 0 Å². The van der Waals surface area contributed by atoms with Crippen LogP contribution in [0.2, 0.25) is 0 Å². The number of thiazole rings is 1. The summed E-state index contributed by atoms with van der Waals surface area (Å²) in [5, 5.41) is 1.76. The molecular formula is C8H14N2O2S2. The minimum Gasteiger partial charge on any atom is -0.328 e. The minimum absolute atomic E-state index is 0.00859. The van der Waals surface area contributed by atoms with Gasteiger partial charge in [-0.15, -0.1) is 11.3 Å². The molecule has 4 nitrogen and oxygen atoms in total. The van der Waals surface area contributed by atoms with Crippen LogP contribution in [0.3, 0.4) is 0 Å². The Bertz CT molecular complexity index is 395. The van der Waals surface area contributed by atoms with E-state index in [0.29, 0.717) is 6.42 Å². The zero-order chi connectivity index (χ0) is 10.8. The first kappa shape index (κ1) is 11.6. The minimum atomic E-state index is -3.15. The quantitative estimate of drug-likeness (QED) is 0.837. The van der Waals surface area contributed by atoms with Crippen molar-refractivity contribution in [2.45, 2.75) is 30.6 Å². The van der Waals surface area contributed by atoms with Crippen LogP contribution in [-0.2, 0) is 16.3 Å². The third kappa shape index (κ3) is 2.76. The van der Waals surface area contributed by atoms with Crippen molar-refractivity contribution in [1.29, 1.82) is 0 Å². The van der Waals surface area contributed by atoms with Crippen LogP contribution in [-0.4, -0.2) is 25.2 Å². The molecule has 1 rings (SSSR count). The summed E-state index contributed by atoms with van der Waals surface area (Å²) in [6, 6.07) is 0.00859. The molecule has 0 amide bonds. The monoisotopic (exact) mass is 234 g/mol. The Morgan fingerprint density at radius 3 is 2.79 bits per heavy atom. The zero-order valence-electron chi connectivity index (χ0n) is 8.23. The standard InChI is InChI=1S/C8H14N2O2S2/c1-3-14(11,12)8-10-7(5-13-8)4-6(2)9/h5-6H,3-4,9H2,1-2H3. The maximum atomic E-state index is 11.4. The van der Waals surface area contributed by atoms with Gasteiger partial charge >= 0.3 is 0 Å². The fourth-order valence-electron chi connectivity index (χ4n) is 0.978. The van der Waals surface area contributed by atoms with Crippen molar-refractivity contribution in [3.63, 3.8) is 0 Å². The first-order chi connectivity index (χ1) is 6.45. The van der Waals surface area contributed by atoms with Gasteiger partial charge in [0.1, 0.15) is 0 Å². The maximum Gasteiger partial charge on any atom is 0.209 e. The summed E-state index contributed by atoms with van der Waals surface area (Å²) in [5.74, 6) is 0.0954. The van der Waals surface area contributed by atoms with Crippen molar-refractivity contribution < 1.29 is 8.42 Å². The van der Waals surface area contributed by atoms with Gasteiger partial charge in [0.2, 0.25) is 14.2 Å². The summed E-state index contributed by atoms with van der Waals surface area (Å²) in [7, 11) is -3.15. The second kappa shape index (κ2) is 4.37. The Kier molecular flexibility index (Phi) is 3.63. The number of aromatic nitrogens is 1. The van der Waals surface area contributed by atoms with Crippen LogP contribution >= 0.6 is 11.3 Å². The van der Waals surface area contributed by atoms with Crippen molar-refractivity contribution in [2.75, 3.05) is 5.75 Å². The summed E-state index contributed by atoms with van der Waals surface area (Å²) < 4.78 is 23.0. The lowest BCUT2D eigenvalue weighted by atomic mass is 10.2. The molecule has 0 bridgehead atoms. The van der Waals surface area contributed by atoms with Crippen molar-refractivity contribution in [3.05, 3.63) is 11.1 Å². The Balaban J connectivity index is 2.89. The van der Waals surface area contributed by atoms with Crippen LogP contribution < -0.4 is 5.73 Å². The van der Waals surface area contributed by atoms with E-state index in [9.17, 15) is 8.42 Å². The van der Waals surface area contributed by atoms with Crippen LogP contribution in [0.15, 0.2) is 9.72 Å². The van der Waals surface area contributed by atoms with Gasteiger partial charge in [0.15, 0.2) is 0 Å². The van der Waals surface area contributed by atoms with Gasteiger partial charge in [-0.2, -0.15) is 0 Å². The lowest BCUT2D eigenvalue weighted by Crippen LogP contribution is -2.18. The van der Waals surface area contributed by atoms with E-state index in [1.54, 1.807) is 12.3 Å². The topological polar surface area (TPSA) is 73.0 Å². The summed E-state index contributed by atoms with van der Waals surface area (Å²) >= 11 is 1.17. The van der Waals surface area contributed by atoms with E-state index >= 15 is 0 Å². The average molecular weight is 234 g/mol. The second-order valence-corrected chi connectivity index (χ2v) is 6.50. The molecule has 1 atom stereocenters. The van der Waals surface area contributed by atoms with E-state index in [0.717, 1.165) is 5.69 Å². The molecule has 2 N–H and O–H groups in total. The molecule has 1 unspecified atom stereocenters. The number of nitrogens with zero attached hydrogens (tertiary/aromatic N) is 1. The van der Waals surface area contributed by atoms with Gasteiger partial charge in [-0.3, -0.25) is 0 Å². The normalized spacial score (nSPS) is 14.2. The molecule has 0 fully saturated rings. The fraction of sp³-hybridized carbons (Fsp3) is 0.625. The third-order valence-electron chi connectivity index (χ3n) is 1.71. The lowest BCUT2D eigenvalue weighted by molar-refractivity contribution is 0.595. The predicted octanol–water partition coefficient (Wildman–Crippen LogP) is 0.826. The highest BCUT2D eigenvalue weighted by atomic mass is 32.2. The van der Waals surface area contributed by atoms with E-state index in [1.807, 2.05) is 6.92 Å². The highest BCUT2D eigenvalue weighted by Gasteiger charge is 2.16. The zero-order valence-corrected chi connectivity index (χ0v) is 9.86. The summed E-state index contributed by atoms with van der Waals surface area (Å²) in [6.07, 6.45) is 0.621. The van der Waals surface area contributed by atoms with Gasteiger partial charge in [-0.05, 0) is 6.92 Å². The number of hydrogen-bond donors (Lipinski definition) is 1. The molecule has 0 aliphatic rings. The van der Waals surface area contributed by atoms with Crippen molar-refractivity contribution >= 4 is 21.2 Å². The number of sulfone groups is 1. The van der Waals surface area contributed by atoms with Gasteiger partial charge < -0.3 is 5.73 Å². The molecule has 0 aliphatic carbocycles. The number of hydrogen-bond acceptors (Lipinski definition) is 5. The highest BCUT2D eigenvalue weighted by molar-refractivity contribution is 7.93. The van der Waals surface area contributed by atoms with E-state index in [4.69, 9.17) is 5.73 Å². The first-order valence-electron chi connectivity index (χ1n) is 4.38. The van der Waals surface area contributed by atoms with Crippen molar-refractivity contribution in [3.8, 4) is 0 Å². The molecule has 1 heterocycles. The number of nitrogens with two attached hydrogens (primary N) is 1. The molecule has 1 aromatic rings. The summed E-state index contributed by atoms with van der Waals surface area (Å²) in [4.78, 5) is 4.04. The average Bonchev–Trinajstić information content (AvgIpc) is 2.52. The lowest BCUT2D eigenvalue weighted by Gasteiger charge is -1.99. The van der Waals surface area contributed by atoms with Crippen LogP contribution in [0.4, 0.5) is 0 Å². The highest BCUT2D eigenvalue weighted by Crippen LogP contribution is 2.17. The Morgan fingerprint density at radius 1 is 1.64 bits per heavy atom. The predicted molar refractivity (Wildman–Crippen MR) is 57.2 cm³/mol. The van der Waals surface area contributed by atoms with E-state index < -0.39 is 9.84 Å². The van der Waals surface area contributed by atoms with Gasteiger partial charge in [0, 0.05) is 17.8 Å². The molecule has 0 aromatic carbocycles. The first-order valence-corrected chi connectivity index (χ1v) is 6.91. The van der Waals surface area contributed by atoms with Gasteiger partial charge in [-0.25, -0.2) is 13.4 Å². The molecule has 14 heavy (non-hydrogen) atoms. The molecular weight excluding hydrogens is 220 g/mol. The Morgan fingerprint density at radius 2 is 2.29 bits per heavy atom.